The molecule has 6 nitrogen and oxygen atoms in total. The van der Waals surface area contributed by atoms with E-state index >= 15 is 0 Å². The van der Waals surface area contributed by atoms with Gasteiger partial charge in [0.1, 0.15) is 5.71 Å². The number of thiophene rings is 1. The molecular formula is C21H18Cl2F3N3O3S. The predicted octanol–water partition coefficient (Wildman–Crippen LogP) is 4.66. The Bertz CT molecular complexity index is 1120. The molecule has 1 aliphatic carbocycles. The Balaban J connectivity index is 1.47. The summed E-state index contributed by atoms with van der Waals surface area (Å²) in [6.07, 6.45) is -0.393. The first-order valence-electron chi connectivity index (χ1n) is 10.1. The molecule has 1 aromatic carbocycles. The topological polar surface area (TPSA) is 79.8 Å². The van der Waals surface area contributed by atoms with E-state index < -0.39 is 43.3 Å². The van der Waals surface area contributed by atoms with E-state index in [1.165, 1.54) is 23.5 Å². The van der Waals surface area contributed by atoms with Crippen molar-refractivity contribution in [3.63, 3.8) is 0 Å². The molecule has 0 fully saturated rings. The van der Waals surface area contributed by atoms with Crippen LogP contribution in [0.25, 0.3) is 0 Å². The number of fused-ring (bicyclic) bond motifs is 1. The summed E-state index contributed by atoms with van der Waals surface area (Å²) in [5.74, 6) is -1.83. The number of nitrogens with zero attached hydrogens (tertiary/aromatic N) is 1. The Hall–Kier alpha value is -2.30. The fraction of sp³-hybridized carbons (Fsp3) is 0.381. The highest BCUT2D eigenvalue weighted by Gasteiger charge is 2.33. The average Bonchev–Trinajstić information content (AvgIpc) is 3.50. The van der Waals surface area contributed by atoms with Gasteiger partial charge in [-0.3, -0.25) is 9.59 Å². The molecule has 12 heteroatoms. The number of hydrogen-bond acceptors (Lipinski definition) is 5. The van der Waals surface area contributed by atoms with Crippen LogP contribution in [-0.4, -0.2) is 37.0 Å². The minimum Gasteiger partial charge on any atom is -0.387 e. The van der Waals surface area contributed by atoms with Crippen LogP contribution in [0.5, 0.6) is 0 Å². The van der Waals surface area contributed by atoms with E-state index in [2.05, 4.69) is 10.5 Å². The van der Waals surface area contributed by atoms with Crippen molar-refractivity contribution in [2.45, 2.75) is 38.2 Å². The van der Waals surface area contributed by atoms with E-state index in [0.29, 0.717) is 29.0 Å². The maximum Gasteiger partial charge on any atom is 0.262 e. The smallest absolute Gasteiger partial charge is 0.262 e. The second kappa shape index (κ2) is 9.90. The Morgan fingerprint density at radius 1 is 1.18 bits per heavy atom. The summed E-state index contributed by atoms with van der Waals surface area (Å²) < 4.78 is 38.1. The predicted molar refractivity (Wildman–Crippen MR) is 119 cm³/mol. The lowest BCUT2D eigenvalue weighted by molar-refractivity contribution is -0.120. The molecule has 176 valence electrons. The van der Waals surface area contributed by atoms with Crippen molar-refractivity contribution in [1.82, 2.24) is 10.6 Å². The van der Waals surface area contributed by atoms with Gasteiger partial charge >= 0.3 is 0 Å². The first-order chi connectivity index (χ1) is 15.7. The van der Waals surface area contributed by atoms with E-state index in [4.69, 9.17) is 28.0 Å². The number of benzene rings is 1. The number of carbonyl (C=O) groups is 2. The summed E-state index contributed by atoms with van der Waals surface area (Å²) in [5, 5.41) is 8.51. The van der Waals surface area contributed by atoms with Crippen molar-refractivity contribution >= 4 is 52.1 Å². The lowest BCUT2D eigenvalue weighted by atomic mass is 10.0. The molecule has 0 spiro atoms. The van der Waals surface area contributed by atoms with Crippen LogP contribution < -0.4 is 10.6 Å². The minimum atomic E-state index is -2.66. The molecule has 1 aromatic heterocycles. The number of alkyl halides is 2. The molecule has 1 atom stereocenters. The van der Waals surface area contributed by atoms with Gasteiger partial charge in [0.25, 0.3) is 12.3 Å². The largest absolute Gasteiger partial charge is 0.387 e. The van der Waals surface area contributed by atoms with E-state index in [1.54, 1.807) is 0 Å². The summed E-state index contributed by atoms with van der Waals surface area (Å²) in [6, 6.07) is 2.89. The first-order valence-corrected chi connectivity index (χ1v) is 11.7. The third-order valence-electron chi connectivity index (χ3n) is 5.35. The van der Waals surface area contributed by atoms with Gasteiger partial charge in [0.05, 0.1) is 32.9 Å². The molecule has 0 radical (unpaired) electrons. The Morgan fingerprint density at radius 2 is 1.88 bits per heavy atom. The highest BCUT2D eigenvalue weighted by Crippen LogP contribution is 2.40. The number of amides is 2. The van der Waals surface area contributed by atoms with Crippen LogP contribution in [0.4, 0.5) is 13.2 Å². The normalized spacial score (nSPS) is 17.0. The van der Waals surface area contributed by atoms with Gasteiger partial charge in [-0.1, -0.05) is 28.4 Å². The summed E-state index contributed by atoms with van der Waals surface area (Å²) in [6.45, 7) is -1.16. The number of carbonyl (C=O) groups excluding carboxylic acids is 2. The monoisotopic (exact) mass is 519 g/mol. The van der Waals surface area contributed by atoms with Crippen molar-refractivity contribution in [3.8, 4) is 0 Å². The molecule has 2 N–H and O–H groups in total. The van der Waals surface area contributed by atoms with Crippen molar-refractivity contribution in [3.05, 3.63) is 54.4 Å². The van der Waals surface area contributed by atoms with Gasteiger partial charge < -0.3 is 15.5 Å². The zero-order chi connectivity index (χ0) is 23.7. The Morgan fingerprint density at radius 3 is 2.58 bits per heavy atom. The van der Waals surface area contributed by atoms with Crippen molar-refractivity contribution in [2.75, 3.05) is 13.1 Å². The second-order valence-electron chi connectivity index (χ2n) is 7.58. The number of oxime groups is 1. The Labute approximate surface area is 201 Å². The average molecular weight is 520 g/mol. The molecule has 2 aliphatic rings. The molecule has 2 aromatic rings. The molecule has 1 unspecified atom stereocenters. The SMILES string of the molecule is O=C(CNC(=O)c1sc(C2=NOC(c3cc(Cl)c(F)c(Cl)c3)C2)c2c1CCC2)NCC(F)F. The van der Waals surface area contributed by atoms with E-state index in [1.807, 2.05) is 5.32 Å². The van der Waals surface area contributed by atoms with Gasteiger partial charge in [0.15, 0.2) is 11.9 Å². The second-order valence-corrected chi connectivity index (χ2v) is 9.42. The number of rotatable bonds is 7. The van der Waals surface area contributed by atoms with Crippen LogP contribution in [0.2, 0.25) is 10.0 Å². The van der Waals surface area contributed by atoms with Crippen LogP contribution in [0, 0.1) is 5.82 Å². The highest BCUT2D eigenvalue weighted by molar-refractivity contribution is 7.16. The lowest BCUT2D eigenvalue weighted by Gasteiger charge is -2.10. The molecule has 4 rings (SSSR count). The molecular weight excluding hydrogens is 502 g/mol. The van der Waals surface area contributed by atoms with Gasteiger partial charge in [-0.25, -0.2) is 13.2 Å². The summed E-state index contributed by atoms with van der Waals surface area (Å²) in [7, 11) is 0. The third kappa shape index (κ3) is 5.12. The number of nitrogens with one attached hydrogen (secondary N) is 2. The zero-order valence-corrected chi connectivity index (χ0v) is 19.4. The summed E-state index contributed by atoms with van der Waals surface area (Å²) in [4.78, 5) is 31.2. The van der Waals surface area contributed by atoms with Crippen LogP contribution in [0.1, 0.15) is 50.2 Å². The molecule has 0 saturated heterocycles. The summed E-state index contributed by atoms with van der Waals surface area (Å²) >= 11 is 13.0. The van der Waals surface area contributed by atoms with Crippen LogP contribution in [0.3, 0.4) is 0 Å². The third-order valence-corrected chi connectivity index (χ3v) is 7.22. The van der Waals surface area contributed by atoms with Gasteiger partial charge in [-0.2, -0.15) is 0 Å². The maximum atomic E-state index is 13.7. The van der Waals surface area contributed by atoms with Crippen LogP contribution in [-0.2, 0) is 22.5 Å². The standard InChI is InChI=1S/C21H18Cl2F3N3O3S/c22-12-4-9(5-13(23)18(12)26)15-6-14(29-32-15)19-10-2-1-3-11(10)20(33-19)21(31)28-8-17(30)27-7-16(24)25/h4-5,15-16H,1-3,6-8H2,(H,27,30)(H,28,31). The molecule has 1 aliphatic heterocycles. The van der Waals surface area contributed by atoms with Gasteiger partial charge in [-0.05, 0) is 48.1 Å². The van der Waals surface area contributed by atoms with Crippen molar-refractivity contribution in [2.24, 2.45) is 5.16 Å². The molecule has 33 heavy (non-hydrogen) atoms. The van der Waals surface area contributed by atoms with E-state index in [9.17, 15) is 22.8 Å². The molecule has 0 saturated carbocycles. The quantitative estimate of drug-likeness (QED) is 0.522. The number of halogens is 5. The zero-order valence-electron chi connectivity index (χ0n) is 17.0. The molecule has 0 bridgehead atoms. The van der Waals surface area contributed by atoms with E-state index in [0.717, 1.165) is 28.8 Å². The first kappa shape index (κ1) is 23.8. The fourth-order valence-electron chi connectivity index (χ4n) is 3.83. The summed E-state index contributed by atoms with van der Waals surface area (Å²) in [5.41, 5.74) is 3.17. The maximum absolute atomic E-state index is 13.7. The lowest BCUT2D eigenvalue weighted by Crippen LogP contribution is -2.38. The van der Waals surface area contributed by atoms with Crippen LogP contribution in [0.15, 0.2) is 17.3 Å². The van der Waals surface area contributed by atoms with E-state index in [-0.39, 0.29) is 10.0 Å². The number of hydrogen-bond donors (Lipinski definition) is 2. The van der Waals surface area contributed by atoms with Crippen molar-refractivity contribution in [1.29, 1.82) is 0 Å². The van der Waals surface area contributed by atoms with Crippen LogP contribution >= 0.6 is 34.5 Å². The van der Waals surface area contributed by atoms with Gasteiger partial charge in [0, 0.05) is 6.42 Å². The van der Waals surface area contributed by atoms with Gasteiger partial charge in [0.2, 0.25) is 5.91 Å². The van der Waals surface area contributed by atoms with Gasteiger partial charge in [-0.15, -0.1) is 11.3 Å². The Kier molecular flexibility index (Phi) is 7.16. The minimum absolute atomic E-state index is 0.108. The molecule has 2 heterocycles. The molecule has 2 amide bonds. The highest BCUT2D eigenvalue weighted by atomic mass is 35.5. The fourth-order valence-corrected chi connectivity index (χ4v) is 5.64. The van der Waals surface area contributed by atoms with Crippen molar-refractivity contribution < 1.29 is 27.6 Å².